The summed E-state index contributed by atoms with van der Waals surface area (Å²) in [5.74, 6) is 0.672. The Balaban J connectivity index is 1.52. The van der Waals surface area contributed by atoms with Gasteiger partial charge in [0.2, 0.25) is 10.0 Å². The Morgan fingerprint density at radius 3 is 2.61 bits per heavy atom. The highest BCUT2D eigenvalue weighted by molar-refractivity contribution is 9.10. The van der Waals surface area contributed by atoms with E-state index in [0.717, 1.165) is 33.5 Å². The van der Waals surface area contributed by atoms with E-state index in [0.29, 0.717) is 25.3 Å². The van der Waals surface area contributed by atoms with Crippen molar-refractivity contribution in [2.45, 2.75) is 24.2 Å². The number of sulfonamides is 1. The molecule has 0 spiro atoms. The predicted molar refractivity (Wildman–Crippen MR) is 120 cm³/mol. The third-order valence-corrected chi connectivity index (χ3v) is 6.86. The van der Waals surface area contributed by atoms with E-state index in [9.17, 15) is 8.42 Å². The lowest BCUT2D eigenvalue weighted by molar-refractivity contribution is 0.319. The van der Waals surface area contributed by atoms with Gasteiger partial charge in [0.15, 0.2) is 0 Å². The van der Waals surface area contributed by atoms with Gasteiger partial charge in [0.1, 0.15) is 5.75 Å². The van der Waals surface area contributed by atoms with Crippen LogP contribution < -0.4 is 9.46 Å². The molecule has 1 heterocycles. The zero-order valence-corrected chi connectivity index (χ0v) is 19.2. The van der Waals surface area contributed by atoms with Gasteiger partial charge in [-0.3, -0.25) is 0 Å². The summed E-state index contributed by atoms with van der Waals surface area (Å²) in [5, 5.41) is 2.03. The van der Waals surface area contributed by atoms with Crippen LogP contribution in [0, 0.1) is 0 Å². The molecule has 2 aromatic carbocycles. The quantitative estimate of drug-likeness (QED) is 0.286. The Bertz CT molecular complexity index is 1020. The van der Waals surface area contributed by atoms with Crippen LogP contribution in [0.5, 0.6) is 5.75 Å². The molecule has 3 aromatic rings. The van der Waals surface area contributed by atoms with Crippen molar-refractivity contribution >= 4 is 52.8 Å². The highest BCUT2D eigenvalue weighted by atomic mass is 79.9. The van der Waals surface area contributed by atoms with Crippen molar-refractivity contribution in [3.8, 4) is 5.75 Å². The molecule has 0 aliphatic carbocycles. The molecule has 0 aliphatic heterocycles. The first-order valence-electron chi connectivity index (χ1n) is 9.03. The number of fused-ring (bicyclic) bond motifs is 1. The van der Waals surface area contributed by atoms with Crippen molar-refractivity contribution in [1.82, 2.24) is 9.71 Å². The first-order chi connectivity index (χ1) is 13.5. The van der Waals surface area contributed by atoms with Gasteiger partial charge in [-0.15, -0.1) is 0 Å². The molecule has 150 valence electrons. The topological polar surface area (TPSA) is 71.2 Å². The number of rotatable bonds is 10. The van der Waals surface area contributed by atoms with Gasteiger partial charge in [-0.1, -0.05) is 31.9 Å². The third-order valence-electron chi connectivity index (χ3n) is 4.33. The maximum absolute atomic E-state index is 12.5. The van der Waals surface area contributed by atoms with E-state index in [1.807, 2.05) is 18.3 Å². The number of H-pyrrole nitrogens is 1. The second-order valence-corrected chi connectivity index (χ2v) is 9.84. The van der Waals surface area contributed by atoms with Crippen LogP contribution in [0.1, 0.15) is 18.4 Å². The van der Waals surface area contributed by atoms with Crippen LogP contribution >= 0.6 is 31.9 Å². The molecule has 0 saturated carbocycles. The summed E-state index contributed by atoms with van der Waals surface area (Å²) in [6.07, 6.45) is 4.39. The van der Waals surface area contributed by atoms with Crippen molar-refractivity contribution in [2.75, 3.05) is 18.5 Å². The standard InChI is InChI=1S/C20H22Br2N2O3S/c21-10-2-12-27-17-5-7-18(8-6-17)28(25,26)24-11-1-3-15-14-23-20-9-4-16(22)13-19(15)20/h4-9,13-14,23-24H,1-3,10-12H2. The molecule has 1 aromatic heterocycles. The minimum absolute atomic E-state index is 0.247. The molecule has 8 heteroatoms. The molecule has 0 amide bonds. The van der Waals surface area contributed by atoms with Gasteiger partial charge in [-0.25, -0.2) is 13.1 Å². The lowest BCUT2D eigenvalue weighted by atomic mass is 10.1. The largest absolute Gasteiger partial charge is 0.494 e. The molecule has 2 N–H and O–H groups in total. The molecular weight excluding hydrogens is 508 g/mol. The van der Waals surface area contributed by atoms with Crippen LogP contribution in [-0.2, 0) is 16.4 Å². The lowest BCUT2D eigenvalue weighted by Crippen LogP contribution is -2.25. The highest BCUT2D eigenvalue weighted by Crippen LogP contribution is 2.23. The number of aromatic amines is 1. The zero-order valence-electron chi connectivity index (χ0n) is 15.3. The highest BCUT2D eigenvalue weighted by Gasteiger charge is 2.13. The summed E-state index contributed by atoms with van der Waals surface area (Å²) in [4.78, 5) is 3.49. The zero-order chi connectivity index (χ0) is 20.0. The number of alkyl halides is 1. The molecular formula is C20H22Br2N2O3S. The van der Waals surface area contributed by atoms with Crippen LogP contribution in [0.25, 0.3) is 10.9 Å². The molecule has 0 aliphatic rings. The lowest BCUT2D eigenvalue weighted by Gasteiger charge is -2.09. The van der Waals surface area contributed by atoms with Crippen molar-refractivity contribution in [1.29, 1.82) is 0 Å². The summed E-state index contributed by atoms with van der Waals surface area (Å²) < 4.78 is 34.2. The number of nitrogens with one attached hydrogen (secondary N) is 2. The summed E-state index contributed by atoms with van der Waals surface area (Å²) in [5.41, 5.74) is 2.26. The van der Waals surface area contributed by atoms with Crippen LogP contribution in [0.3, 0.4) is 0 Å². The van der Waals surface area contributed by atoms with Crippen molar-refractivity contribution in [3.63, 3.8) is 0 Å². The summed E-state index contributed by atoms with van der Waals surface area (Å²) >= 11 is 6.84. The molecule has 28 heavy (non-hydrogen) atoms. The van der Waals surface area contributed by atoms with Crippen LogP contribution in [0.4, 0.5) is 0 Å². The summed E-state index contributed by atoms with van der Waals surface area (Å²) in [7, 11) is -3.52. The van der Waals surface area contributed by atoms with E-state index in [-0.39, 0.29) is 4.90 Å². The van der Waals surface area contributed by atoms with Gasteiger partial charge < -0.3 is 9.72 Å². The average Bonchev–Trinajstić information content (AvgIpc) is 3.08. The van der Waals surface area contributed by atoms with E-state index in [2.05, 4.69) is 47.6 Å². The van der Waals surface area contributed by atoms with Gasteiger partial charge >= 0.3 is 0 Å². The molecule has 0 radical (unpaired) electrons. The fourth-order valence-corrected chi connectivity index (χ4v) is 4.55. The Labute approximate surface area is 182 Å². The molecule has 3 rings (SSSR count). The second-order valence-electron chi connectivity index (χ2n) is 6.37. The van der Waals surface area contributed by atoms with E-state index < -0.39 is 10.0 Å². The van der Waals surface area contributed by atoms with Crippen LogP contribution in [-0.4, -0.2) is 31.9 Å². The fourth-order valence-electron chi connectivity index (χ4n) is 2.89. The van der Waals surface area contributed by atoms with Crippen molar-refractivity contribution in [3.05, 3.63) is 58.7 Å². The average molecular weight is 530 g/mol. The molecule has 0 unspecified atom stereocenters. The minimum atomic E-state index is -3.52. The SMILES string of the molecule is O=S(=O)(NCCCc1c[nH]c2ccc(Br)cc12)c1ccc(OCCCBr)cc1. The first kappa shape index (κ1) is 21.4. The normalized spacial score (nSPS) is 11.8. The second kappa shape index (κ2) is 9.91. The minimum Gasteiger partial charge on any atom is -0.494 e. The number of ether oxygens (including phenoxy) is 1. The van der Waals surface area contributed by atoms with Gasteiger partial charge in [-0.05, 0) is 67.3 Å². The monoisotopic (exact) mass is 528 g/mol. The Morgan fingerprint density at radius 1 is 1.07 bits per heavy atom. The van der Waals surface area contributed by atoms with Crippen molar-refractivity contribution in [2.24, 2.45) is 0 Å². The van der Waals surface area contributed by atoms with E-state index in [1.165, 1.54) is 5.56 Å². The van der Waals surface area contributed by atoms with Crippen LogP contribution in [0.15, 0.2) is 58.0 Å². The molecule has 0 atom stereocenters. The number of benzene rings is 2. The molecule has 5 nitrogen and oxygen atoms in total. The number of aryl methyl sites for hydroxylation is 1. The van der Waals surface area contributed by atoms with E-state index in [4.69, 9.17) is 4.74 Å². The smallest absolute Gasteiger partial charge is 0.240 e. The predicted octanol–water partition coefficient (Wildman–Crippen LogP) is 5.01. The Morgan fingerprint density at radius 2 is 1.86 bits per heavy atom. The molecule has 0 bridgehead atoms. The number of hydrogen-bond acceptors (Lipinski definition) is 3. The fraction of sp³-hybridized carbons (Fsp3) is 0.300. The first-order valence-corrected chi connectivity index (χ1v) is 12.4. The maximum atomic E-state index is 12.5. The Kier molecular flexibility index (Phi) is 7.56. The van der Waals surface area contributed by atoms with Crippen molar-refractivity contribution < 1.29 is 13.2 Å². The van der Waals surface area contributed by atoms with Gasteiger partial charge in [-0.2, -0.15) is 0 Å². The summed E-state index contributed by atoms with van der Waals surface area (Å²) in [6, 6.07) is 12.6. The van der Waals surface area contributed by atoms with Crippen LogP contribution in [0.2, 0.25) is 0 Å². The van der Waals surface area contributed by atoms with E-state index >= 15 is 0 Å². The van der Waals surface area contributed by atoms with Gasteiger partial charge in [0, 0.05) is 33.4 Å². The number of hydrogen-bond donors (Lipinski definition) is 2. The summed E-state index contributed by atoms with van der Waals surface area (Å²) in [6.45, 7) is 0.979. The maximum Gasteiger partial charge on any atom is 0.240 e. The number of halogens is 2. The van der Waals surface area contributed by atoms with E-state index in [1.54, 1.807) is 24.3 Å². The van der Waals surface area contributed by atoms with Gasteiger partial charge in [0.25, 0.3) is 0 Å². The third kappa shape index (κ3) is 5.59. The van der Waals surface area contributed by atoms with Gasteiger partial charge in [0.05, 0.1) is 11.5 Å². The molecule has 0 fully saturated rings. The molecule has 0 saturated heterocycles. The Hall–Kier alpha value is -1.35. The number of aromatic nitrogens is 1.